The number of amides is 3. The number of hydrogen-bond acceptors (Lipinski definition) is 5. The summed E-state index contributed by atoms with van der Waals surface area (Å²) in [5, 5.41) is 2.78. The molecule has 1 N–H and O–H groups in total. The molecule has 3 amide bonds. The van der Waals surface area contributed by atoms with Gasteiger partial charge in [-0.25, -0.2) is 4.79 Å². The molecule has 3 fully saturated rings. The van der Waals surface area contributed by atoms with Gasteiger partial charge in [-0.2, -0.15) is 0 Å². The van der Waals surface area contributed by atoms with Gasteiger partial charge in [-0.3, -0.25) is 19.3 Å². The first kappa shape index (κ1) is 26.4. The first-order valence-electron chi connectivity index (χ1n) is 13.6. The predicted molar refractivity (Wildman–Crippen MR) is 154 cm³/mol. The predicted octanol–water partition coefficient (Wildman–Crippen LogP) is 5.74. The highest BCUT2D eigenvalue weighted by Gasteiger charge is 2.64. The van der Waals surface area contributed by atoms with Crippen LogP contribution in [0.3, 0.4) is 0 Å². The summed E-state index contributed by atoms with van der Waals surface area (Å²) < 4.78 is 6.18. The van der Waals surface area contributed by atoms with Crippen LogP contribution >= 0.6 is 15.9 Å². The van der Waals surface area contributed by atoms with Gasteiger partial charge in [0.2, 0.25) is 11.8 Å². The lowest BCUT2D eigenvalue weighted by Crippen LogP contribution is -2.33. The van der Waals surface area contributed by atoms with E-state index in [1.165, 1.54) is 16.5 Å². The maximum Gasteiger partial charge on any atom is 0.338 e. The molecule has 8 heteroatoms. The quantitative estimate of drug-likeness (QED) is 0.276. The first-order chi connectivity index (χ1) is 19.4. The van der Waals surface area contributed by atoms with E-state index in [4.69, 9.17) is 4.74 Å². The fraction of sp³-hybridized carbons (Fsp3) is 0.312. The van der Waals surface area contributed by atoms with Crippen molar-refractivity contribution in [2.75, 3.05) is 16.8 Å². The third kappa shape index (κ3) is 4.64. The minimum Gasteiger partial charge on any atom is -0.452 e. The normalized spacial score (nSPS) is 24.8. The summed E-state index contributed by atoms with van der Waals surface area (Å²) in [7, 11) is 0. The number of esters is 1. The average Bonchev–Trinajstić information content (AvgIpc) is 3.64. The molecule has 2 saturated carbocycles. The van der Waals surface area contributed by atoms with E-state index < -0.39 is 18.5 Å². The molecule has 1 aliphatic heterocycles. The van der Waals surface area contributed by atoms with E-state index >= 15 is 0 Å². The zero-order valence-electron chi connectivity index (χ0n) is 22.0. The Balaban J connectivity index is 1.13. The Morgan fingerprint density at radius 1 is 0.950 bits per heavy atom. The van der Waals surface area contributed by atoms with E-state index in [0.29, 0.717) is 11.4 Å². The zero-order chi connectivity index (χ0) is 28.0. The Hall–Kier alpha value is -3.78. The number of nitrogens with one attached hydrogen (secondary N) is 1. The van der Waals surface area contributed by atoms with Gasteiger partial charge < -0.3 is 10.1 Å². The van der Waals surface area contributed by atoms with E-state index in [1.807, 2.05) is 37.3 Å². The molecule has 204 valence electrons. The Morgan fingerprint density at radius 3 is 2.50 bits per heavy atom. The molecule has 0 aromatic heterocycles. The number of carbonyl (C=O) groups excluding carboxylic acids is 4. The molecule has 40 heavy (non-hydrogen) atoms. The Labute approximate surface area is 241 Å². The Bertz CT molecular complexity index is 1510. The van der Waals surface area contributed by atoms with Crippen molar-refractivity contribution in [2.45, 2.75) is 32.1 Å². The highest BCUT2D eigenvalue weighted by atomic mass is 79.9. The van der Waals surface area contributed by atoms with E-state index in [1.54, 1.807) is 24.3 Å². The Kier molecular flexibility index (Phi) is 7.04. The zero-order valence-corrected chi connectivity index (χ0v) is 23.6. The summed E-state index contributed by atoms with van der Waals surface area (Å²) in [6, 6.07) is 22.1. The lowest BCUT2D eigenvalue weighted by molar-refractivity contribution is -0.123. The number of fused-ring (bicyclic) bond motifs is 5. The van der Waals surface area contributed by atoms with Crippen molar-refractivity contribution >= 4 is 51.0 Å². The van der Waals surface area contributed by atoms with Gasteiger partial charge in [0, 0.05) is 10.2 Å². The van der Waals surface area contributed by atoms with Gasteiger partial charge in [-0.15, -0.1) is 0 Å². The number of benzene rings is 3. The van der Waals surface area contributed by atoms with Crippen LogP contribution in [0, 0.1) is 23.7 Å². The molecule has 2 aliphatic carbocycles. The summed E-state index contributed by atoms with van der Waals surface area (Å²) in [5.74, 6) is -1.55. The minimum absolute atomic E-state index is 0.143. The molecule has 1 heterocycles. The monoisotopic (exact) mass is 600 g/mol. The number of aryl methyl sites for hydroxylation is 1. The number of nitrogens with zero attached hydrogens (tertiary/aromatic N) is 1. The van der Waals surface area contributed by atoms with Crippen LogP contribution in [-0.2, 0) is 25.5 Å². The van der Waals surface area contributed by atoms with Gasteiger partial charge in [0.15, 0.2) is 6.61 Å². The maximum atomic E-state index is 13.6. The summed E-state index contributed by atoms with van der Waals surface area (Å²) in [6.45, 7) is 1.53. The highest BCUT2D eigenvalue weighted by molar-refractivity contribution is 9.10. The largest absolute Gasteiger partial charge is 0.452 e. The van der Waals surface area contributed by atoms with Crippen molar-refractivity contribution in [3.63, 3.8) is 0 Å². The van der Waals surface area contributed by atoms with Crippen molar-refractivity contribution < 1.29 is 23.9 Å². The van der Waals surface area contributed by atoms with Gasteiger partial charge in [0.05, 0.1) is 23.1 Å². The standard InChI is InChI=1S/C32H29BrN2O5/c1-2-18-13-22(33)11-12-26(18)34-27(36)17-40-32(39)20-9-6-10-23(14-20)35-30(37)28-21-15-24(19-7-4-3-5-8-19)25(16-21)29(28)31(35)38/h3-14,21,24-25,28-29H,2,15-17H2,1H3,(H,34,36)/t21-,24-,25+,28+,29+/m0/s1. The van der Waals surface area contributed by atoms with E-state index in [9.17, 15) is 19.2 Å². The molecule has 3 aromatic carbocycles. The molecule has 7 nitrogen and oxygen atoms in total. The molecule has 3 aliphatic rings. The second-order valence-electron chi connectivity index (χ2n) is 10.8. The number of imide groups is 1. The van der Waals surface area contributed by atoms with Gasteiger partial charge in [-0.05, 0) is 84.5 Å². The summed E-state index contributed by atoms with van der Waals surface area (Å²) in [4.78, 5) is 53.7. The van der Waals surface area contributed by atoms with Crippen LogP contribution in [0.25, 0.3) is 0 Å². The van der Waals surface area contributed by atoms with Crippen molar-refractivity contribution in [1.82, 2.24) is 0 Å². The first-order valence-corrected chi connectivity index (χ1v) is 14.4. The summed E-state index contributed by atoms with van der Waals surface area (Å²) in [6.07, 6.45) is 2.54. The van der Waals surface area contributed by atoms with Crippen LogP contribution < -0.4 is 10.2 Å². The van der Waals surface area contributed by atoms with Crippen LogP contribution in [0.2, 0.25) is 0 Å². The van der Waals surface area contributed by atoms with Crippen LogP contribution in [0.4, 0.5) is 11.4 Å². The van der Waals surface area contributed by atoms with E-state index in [0.717, 1.165) is 29.3 Å². The van der Waals surface area contributed by atoms with Crippen molar-refractivity contribution in [2.24, 2.45) is 23.7 Å². The number of halogens is 1. The fourth-order valence-corrected chi connectivity index (χ4v) is 7.36. The number of anilines is 2. The minimum atomic E-state index is -0.702. The van der Waals surface area contributed by atoms with Crippen molar-refractivity contribution in [3.05, 3.63) is 94.0 Å². The van der Waals surface area contributed by atoms with E-state index in [2.05, 4.69) is 33.4 Å². The lowest BCUT2D eigenvalue weighted by atomic mass is 9.73. The average molecular weight is 601 g/mol. The third-order valence-corrected chi connectivity index (χ3v) is 9.13. The van der Waals surface area contributed by atoms with Gasteiger partial charge in [0.25, 0.3) is 5.91 Å². The number of rotatable bonds is 7. The molecule has 2 bridgehead atoms. The van der Waals surface area contributed by atoms with Crippen LogP contribution in [0.1, 0.15) is 47.2 Å². The van der Waals surface area contributed by atoms with Crippen LogP contribution in [0.5, 0.6) is 0 Å². The molecule has 3 aromatic rings. The number of hydrogen-bond donors (Lipinski definition) is 1. The lowest BCUT2D eigenvalue weighted by Gasteiger charge is -2.28. The van der Waals surface area contributed by atoms with Crippen molar-refractivity contribution in [3.8, 4) is 0 Å². The molecule has 0 spiro atoms. The van der Waals surface area contributed by atoms with Crippen molar-refractivity contribution in [1.29, 1.82) is 0 Å². The van der Waals surface area contributed by atoms with E-state index in [-0.39, 0.29) is 47.0 Å². The van der Waals surface area contributed by atoms with Gasteiger partial charge in [0.1, 0.15) is 0 Å². The number of carbonyl (C=O) groups is 4. The molecule has 5 atom stereocenters. The molecule has 6 rings (SSSR count). The molecule has 1 saturated heterocycles. The van der Waals surface area contributed by atoms with Crippen LogP contribution in [-0.4, -0.2) is 30.3 Å². The fourth-order valence-electron chi connectivity index (χ4n) is 6.95. The maximum absolute atomic E-state index is 13.6. The molecule has 0 unspecified atom stereocenters. The van der Waals surface area contributed by atoms with Crippen LogP contribution in [0.15, 0.2) is 77.3 Å². The number of ether oxygens (including phenoxy) is 1. The SMILES string of the molecule is CCc1cc(Br)ccc1NC(=O)COC(=O)c1cccc(N2C(=O)[C@@H]3[C@@H]4C[C@@H]([C@H]3C2=O)[C@H](c2ccccc2)C4)c1. The van der Waals surface area contributed by atoms with Gasteiger partial charge >= 0.3 is 5.97 Å². The Morgan fingerprint density at radius 2 is 1.73 bits per heavy atom. The van der Waals surface area contributed by atoms with Gasteiger partial charge in [-0.1, -0.05) is 59.3 Å². The second kappa shape index (κ2) is 10.7. The third-order valence-electron chi connectivity index (χ3n) is 8.64. The summed E-state index contributed by atoms with van der Waals surface area (Å²) >= 11 is 3.42. The highest BCUT2D eigenvalue weighted by Crippen LogP contribution is 2.61. The molecular formula is C32H29BrN2O5. The molecular weight excluding hydrogens is 572 g/mol. The smallest absolute Gasteiger partial charge is 0.338 e. The topological polar surface area (TPSA) is 92.8 Å². The summed E-state index contributed by atoms with van der Waals surface area (Å²) in [5.41, 5.74) is 3.38. The molecule has 0 radical (unpaired) electrons. The second-order valence-corrected chi connectivity index (χ2v) is 11.7.